The monoisotopic (exact) mass is 555 g/mol. The lowest BCUT2D eigenvalue weighted by atomic mass is 9.83. The highest BCUT2D eigenvalue weighted by atomic mass is 16.5. The van der Waals surface area contributed by atoms with E-state index in [1.807, 2.05) is 24.3 Å². The van der Waals surface area contributed by atoms with E-state index in [0.717, 1.165) is 61.7 Å². The maximum atomic E-state index is 6.68. The van der Waals surface area contributed by atoms with Crippen molar-refractivity contribution in [2.45, 2.75) is 12.5 Å². The van der Waals surface area contributed by atoms with E-state index in [2.05, 4.69) is 132 Å². The lowest BCUT2D eigenvalue weighted by Gasteiger charge is -2.18. The highest BCUT2D eigenvalue weighted by Crippen LogP contribution is 2.48. The third kappa shape index (κ3) is 4.65. The summed E-state index contributed by atoms with van der Waals surface area (Å²) in [5.74, 6) is 2.53. The summed E-state index contributed by atoms with van der Waals surface area (Å²) in [7, 11) is 0. The number of furan rings is 1. The molecule has 1 unspecified atom stereocenters. The first kappa shape index (κ1) is 25.2. The third-order valence-corrected chi connectivity index (χ3v) is 8.27. The van der Waals surface area contributed by atoms with Crippen molar-refractivity contribution in [3.05, 3.63) is 185 Å². The SMILES string of the molecule is C1=C(c2ccccc2)c2[nH]c3ccc(OCc4ccccc4)cc3c2C(c2ccccc2)c2cc(-c3ccccc3)oc21. The van der Waals surface area contributed by atoms with E-state index in [1.54, 1.807) is 0 Å². The van der Waals surface area contributed by atoms with Crippen LogP contribution in [0.2, 0.25) is 0 Å². The second-order valence-electron chi connectivity index (χ2n) is 11.0. The van der Waals surface area contributed by atoms with Gasteiger partial charge >= 0.3 is 0 Å². The van der Waals surface area contributed by atoms with Crippen LogP contribution in [0.3, 0.4) is 0 Å². The minimum Gasteiger partial charge on any atom is -0.489 e. The Hall–Kier alpha value is -5.54. The van der Waals surface area contributed by atoms with Gasteiger partial charge in [0.2, 0.25) is 0 Å². The fraction of sp³-hybridized carbons (Fsp3) is 0.0500. The van der Waals surface area contributed by atoms with Crippen molar-refractivity contribution >= 4 is 22.6 Å². The van der Waals surface area contributed by atoms with Crippen molar-refractivity contribution in [1.29, 1.82) is 0 Å². The summed E-state index contributed by atoms with van der Waals surface area (Å²) in [6, 6.07) is 50.6. The molecule has 1 aliphatic carbocycles. The quantitative estimate of drug-likeness (QED) is 0.222. The predicted molar refractivity (Wildman–Crippen MR) is 174 cm³/mol. The van der Waals surface area contributed by atoms with Gasteiger partial charge in [-0.25, -0.2) is 0 Å². The van der Waals surface area contributed by atoms with Crippen LogP contribution in [0.25, 0.3) is 33.9 Å². The standard InChI is InChI=1S/C40H29NO2/c1-5-13-27(14-6-1)26-42-31-21-22-35-33(23-31)39-38(30-19-11-4-12-20-30)34-25-36(29-17-9-3-10-18-29)43-37(34)24-32(40(39)41-35)28-15-7-2-8-16-28/h1-25,38,41H,26H2. The summed E-state index contributed by atoms with van der Waals surface area (Å²) in [6.45, 7) is 0.516. The summed E-state index contributed by atoms with van der Waals surface area (Å²) < 4.78 is 13.0. The van der Waals surface area contributed by atoms with Crippen molar-refractivity contribution in [3.8, 4) is 17.1 Å². The lowest BCUT2D eigenvalue weighted by Crippen LogP contribution is -2.04. The molecule has 1 N–H and O–H groups in total. The molecular weight excluding hydrogens is 526 g/mol. The number of H-pyrrole nitrogens is 1. The molecule has 0 saturated carbocycles. The number of hydrogen-bond acceptors (Lipinski definition) is 2. The van der Waals surface area contributed by atoms with Crippen LogP contribution in [0.15, 0.2) is 150 Å². The van der Waals surface area contributed by atoms with E-state index in [4.69, 9.17) is 9.15 Å². The van der Waals surface area contributed by atoms with Crippen molar-refractivity contribution in [1.82, 2.24) is 4.98 Å². The number of aromatic amines is 1. The first-order chi connectivity index (χ1) is 21.3. The summed E-state index contributed by atoms with van der Waals surface area (Å²) >= 11 is 0. The Morgan fingerprint density at radius 3 is 2.02 bits per heavy atom. The van der Waals surface area contributed by atoms with Crippen molar-refractivity contribution in [3.63, 3.8) is 0 Å². The predicted octanol–water partition coefficient (Wildman–Crippen LogP) is 10.1. The maximum absolute atomic E-state index is 6.68. The molecule has 3 nitrogen and oxygen atoms in total. The largest absolute Gasteiger partial charge is 0.489 e. The van der Waals surface area contributed by atoms with Gasteiger partial charge in [-0.2, -0.15) is 0 Å². The van der Waals surface area contributed by atoms with Crippen LogP contribution in [0.4, 0.5) is 0 Å². The summed E-state index contributed by atoms with van der Waals surface area (Å²) in [6.07, 6.45) is 2.21. The molecule has 206 valence electrons. The number of fused-ring (bicyclic) bond motifs is 4. The van der Waals surface area contributed by atoms with Gasteiger partial charge in [-0.05, 0) is 52.6 Å². The molecular formula is C40H29NO2. The molecule has 1 atom stereocenters. The smallest absolute Gasteiger partial charge is 0.135 e. The van der Waals surface area contributed by atoms with Gasteiger partial charge in [0, 0.05) is 33.5 Å². The van der Waals surface area contributed by atoms with Crippen molar-refractivity contribution in [2.75, 3.05) is 0 Å². The third-order valence-electron chi connectivity index (χ3n) is 8.27. The Bertz CT molecular complexity index is 2050. The average molecular weight is 556 g/mol. The number of nitrogens with one attached hydrogen (secondary N) is 1. The number of aromatic nitrogens is 1. The molecule has 1 aliphatic rings. The first-order valence-electron chi connectivity index (χ1n) is 14.7. The molecule has 0 radical (unpaired) electrons. The summed E-state index contributed by atoms with van der Waals surface area (Å²) in [5.41, 5.74) is 10.2. The summed E-state index contributed by atoms with van der Waals surface area (Å²) in [5, 5.41) is 1.14. The van der Waals surface area contributed by atoms with E-state index >= 15 is 0 Å². The fourth-order valence-corrected chi connectivity index (χ4v) is 6.23. The van der Waals surface area contributed by atoms with E-state index in [9.17, 15) is 0 Å². The zero-order valence-electron chi connectivity index (χ0n) is 23.5. The molecule has 0 spiro atoms. The Morgan fingerprint density at radius 2 is 1.30 bits per heavy atom. The van der Waals surface area contributed by atoms with E-state index in [1.165, 1.54) is 11.1 Å². The number of hydrogen-bond donors (Lipinski definition) is 1. The molecule has 0 bridgehead atoms. The maximum Gasteiger partial charge on any atom is 0.135 e. The topological polar surface area (TPSA) is 38.2 Å². The van der Waals surface area contributed by atoms with Gasteiger partial charge in [0.25, 0.3) is 0 Å². The number of rotatable bonds is 6. The van der Waals surface area contributed by atoms with Gasteiger partial charge in [-0.3, -0.25) is 0 Å². The highest BCUT2D eigenvalue weighted by molar-refractivity contribution is 6.00. The molecule has 0 amide bonds. The van der Waals surface area contributed by atoms with Crippen LogP contribution >= 0.6 is 0 Å². The Labute approximate surface area is 250 Å². The number of ether oxygens (including phenoxy) is 1. The first-order valence-corrected chi connectivity index (χ1v) is 14.7. The Balaban J connectivity index is 1.36. The van der Waals surface area contributed by atoms with Crippen molar-refractivity contribution in [2.24, 2.45) is 0 Å². The van der Waals surface area contributed by atoms with Gasteiger partial charge in [0.1, 0.15) is 23.9 Å². The molecule has 8 rings (SSSR count). The average Bonchev–Trinajstić information content (AvgIpc) is 3.63. The van der Waals surface area contributed by atoms with Crippen LogP contribution in [0.1, 0.15) is 45.2 Å². The van der Waals surface area contributed by atoms with E-state index < -0.39 is 0 Å². The number of benzene rings is 5. The van der Waals surface area contributed by atoms with Crippen LogP contribution in [0.5, 0.6) is 5.75 Å². The molecule has 0 fully saturated rings. The zero-order chi connectivity index (χ0) is 28.6. The molecule has 2 aromatic heterocycles. The Morgan fingerprint density at radius 1 is 0.651 bits per heavy atom. The molecule has 43 heavy (non-hydrogen) atoms. The lowest BCUT2D eigenvalue weighted by molar-refractivity contribution is 0.306. The molecule has 7 aromatic rings. The van der Waals surface area contributed by atoms with Crippen LogP contribution in [0, 0.1) is 0 Å². The zero-order valence-corrected chi connectivity index (χ0v) is 23.5. The van der Waals surface area contributed by atoms with Crippen molar-refractivity contribution < 1.29 is 9.15 Å². The highest BCUT2D eigenvalue weighted by Gasteiger charge is 2.33. The molecule has 2 heterocycles. The van der Waals surface area contributed by atoms with Gasteiger partial charge in [-0.1, -0.05) is 121 Å². The molecule has 3 heteroatoms. The van der Waals surface area contributed by atoms with Gasteiger partial charge in [0.05, 0.1) is 5.69 Å². The second-order valence-corrected chi connectivity index (χ2v) is 11.0. The van der Waals surface area contributed by atoms with Crippen LogP contribution < -0.4 is 4.74 Å². The normalized spacial score (nSPS) is 14.0. The fourth-order valence-electron chi connectivity index (χ4n) is 6.23. The van der Waals surface area contributed by atoms with E-state index in [0.29, 0.717) is 6.61 Å². The van der Waals surface area contributed by atoms with Crippen LogP contribution in [-0.2, 0) is 6.61 Å². The second kappa shape index (κ2) is 10.7. The van der Waals surface area contributed by atoms with Gasteiger partial charge in [-0.15, -0.1) is 0 Å². The minimum atomic E-state index is -0.0528. The van der Waals surface area contributed by atoms with Crippen LogP contribution in [-0.4, -0.2) is 4.98 Å². The Kier molecular flexibility index (Phi) is 6.27. The molecule has 5 aromatic carbocycles. The summed E-state index contributed by atoms with van der Waals surface area (Å²) in [4.78, 5) is 3.81. The minimum absolute atomic E-state index is 0.0528. The van der Waals surface area contributed by atoms with Gasteiger partial charge < -0.3 is 14.1 Å². The molecule has 0 saturated heterocycles. The molecule has 0 aliphatic heterocycles. The van der Waals surface area contributed by atoms with E-state index in [-0.39, 0.29) is 5.92 Å². The van der Waals surface area contributed by atoms with Gasteiger partial charge in [0.15, 0.2) is 0 Å².